The summed E-state index contributed by atoms with van der Waals surface area (Å²) < 4.78 is 43.4. The summed E-state index contributed by atoms with van der Waals surface area (Å²) in [6.07, 6.45) is 17.7. The third-order valence-corrected chi connectivity index (χ3v) is 19.1. The van der Waals surface area contributed by atoms with Crippen LogP contribution in [0.3, 0.4) is 0 Å². The van der Waals surface area contributed by atoms with Crippen LogP contribution in [0.5, 0.6) is 0 Å². The first kappa shape index (κ1) is 37.8. The van der Waals surface area contributed by atoms with E-state index in [-0.39, 0.29) is 27.2 Å². The van der Waals surface area contributed by atoms with E-state index in [1.165, 1.54) is 68.1 Å². The van der Waals surface area contributed by atoms with E-state index in [9.17, 15) is 17.6 Å². The number of nitrogens with zero attached hydrogens (tertiary/aromatic N) is 1. The third kappa shape index (κ3) is 5.88. The van der Waals surface area contributed by atoms with E-state index in [2.05, 4.69) is 70.5 Å². The molecule has 0 aromatic carbocycles. The van der Waals surface area contributed by atoms with Crippen molar-refractivity contribution in [2.24, 2.45) is 51.2 Å². The number of carbonyl (C=O) groups is 1. The van der Waals surface area contributed by atoms with Crippen molar-refractivity contribution in [1.29, 1.82) is 0 Å². The number of rotatable bonds is 9. The summed E-state index contributed by atoms with van der Waals surface area (Å²) in [5, 5.41) is 4.21. The number of ether oxygens (including phenoxy) is 1. The number of allylic oxidation sites excluding steroid dienone is 4. The van der Waals surface area contributed by atoms with Crippen molar-refractivity contribution in [1.82, 2.24) is 10.2 Å². The minimum atomic E-state index is -2.87. The zero-order valence-electron chi connectivity index (χ0n) is 32.6. The van der Waals surface area contributed by atoms with Crippen LogP contribution in [0.25, 0.3) is 0 Å². The maximum Gasteiger partial charge on any atom is 0.293 e. The molecule has 0 unspecified atom stereocenters. The average molecular weight is 727 g/mol. The standard InChI is InChI=1S/C43H67FN2O4S/c1-30(2)32-12-19-43(45-22-23-46-24-26-51(48,49)27-25-46)21-20-40(6)34(37(32)43)8-9-36-39(5)15-13-33(38(3,4)35(39)14-16-41(36,40)7)31-10-17-42(28-44,18-11-31)50-29-47/h10,13,29,32,34-37,45H,1,8-9,11-12,14-28H2,2-7H3/t32-,34+,35-,36+,37+,39-,40+,41+,42-,43-/m0/s1. The molecule has 10 atom stereocenters. The molecule has 1 N–H and O–H groups in total. The van der Waals surface area contributed by atoms with Gasteiger partial charge in [-0.2, -0.15) is 0 Å². The summed E-state index contributed by atoms with van der Waals surface area (Å²) >= 11 is 0. The normalized spacial score (nSPS) is 46.0. The Bertz CT molecular complexity index is 1560. The second-order valence-electron chi connectivity index (χ2n) is 19.8. The van der Waals surface area contributed by atoms with Crippen LogP contribution in [-0.2, 0) is 19.4 Å². The van der Waals surface area contributed by atoms with E-state index >= 15 is 0 Å². The summed E-state index contributed by atoms with van der Waals surface area (Å²) in [7, 11) is -2.87. The molecule has 7 aliphatic rings. The SMILES string of the molecule is C=C(C)[C@@H]1CC[C@]2(NCCN3CCS(=O)(=O)CC3)CC[C@]3(C)[C@H](CC[C@@H]4[C@@]5(C)CC=C(C6=CC[C@](CF)(OC=O)CC6)C(C)(C)[C@@H]5CC[C@]43C)[C@@H]12. The van der Waals surface area contributed by atoms with E-state index < -0.39 is 22.1 Å². The largest absolute Gasteiger partial charge is 0.458 e. The Labute approximate surface area is 308 Å². The quantitative estimate of drug-likeness (QED) is 0.191. The predicted octanol–water partition coefficient (Wildman–Crippen LogP) is 8.24. The number of sulfone groups is 1. The molecule has 0 amide bonds. The molecule has 0 aromatic heterocycles. The van der Waals surface area contributed by atoms with Crippen LogP contribution in [0.1, 0.15) is 119 Å². The Morgan fingerprint density at radius 3 is 2.35 bits per heavy atom. The fourth-order valence-electron chi connectivity index (χ4n) is 14.5. The maximum atomic E-state index is 14.0. The molecule has 51 heavy (non-hydrogen) atoms. The van der Waals surface area contributed by atoms with Gasteiger partial charge in [0.15, 0.2) is 9.84 Å². The number of alkyl halides is 1. The van der Waals surface area contributed by atoms with Crippen LogP contribution in [0.4, 0.5) is 4.39 Å². The van der Waals surface area contributed by atoms with Crippen molar-refractivity contribution in [3.8, 4) is 0 Å². The maximum absolute atomic E-state index is 14.0. The molecular weight excluding hydrogens is 660 g/mol. The van der Waals surface area contributed by atoms with Gasteiger partial charge in [-0.15, -0.1) is 0 Å². The van der Waals surface area contributed by atoms with Gasteiger partial charge in [-0.05, 0) is 140 Å². The number of fused-ring (bicyclic) bond motifs is 7. The second-order valence-corrected chi connectivity index (χ2v) is 22.1. The van der Waals surface area contributed by atoms with Gasteiger partial charge in [-0.1, -0.05) is 58.9 Å². The number of carbonyl (C=O) groups excluding carboxylic acids is 1. The molecule has 1 heterocycles. The highest BCUT2D eigenvalue weighted by Gasteiger charge is 2.70. The summed E-state index contributed by atoms with van der Waals surface area (Å²) in [6.45, 7) is 22.9. The lowest BCUT2D eigenvalue weighted by atomic mass is 9.33. The molecule has 6 nitrogen and oxygen atoms in total. The van der Waals surface area contributed by atoms with Crippen molar-refractivity contribution in [2.45, 2.75) is 130 Å². The molecule has 0 bridgehead atoms. The number of nitrogens with one attached hydrogen (secondary N) is 1. The highest BCUT2D eigenvalue weighted by Crippen LogP contribution is 2.76. The predicted molar refractivity (Wildman–Crippen MR) is 204 cm³/mol. The highest BCUT2D eigenvalue weighted by atomic mass is 32.2. The number of halogens is 1. The first-order chi connectivity index (χ1) is 24.0. The highest BCUT2D eigenvalue weighted by molar-refractivity contribution is 7.91. The van der Waals surface area contributed by atoms with E-state index in [0.29, 0.717) is 73.5 Å². The van der Waals surface area contributed by atoms with Gasteiger partial charge in [-0.25, -0.2) is 12.8 Å². The van der Waals surface area contributed by atoms with E-state index in [1.54, 1.807) is 0 Å². The molecule has 286 valence electrons. The van der Waals surface area contributed by atoms with Crippen molar-refractivity contribution in [2.75, 3.05) is 44.4 Å². The van der Waals surface area contributed by atoms with Gasteiger partial charge in [0.2, 0.25) is 0 Å². The Morgan fingerprint density at radius 2 is 1.71 bits per heavy atom. The van der Waals surface area contributed by atoms with Gasteiger partial charge in [-0.3, -0.25) is 4.79 Å². The molecule has 7 rings (SSSR count). The Balaban J connectivity index is 1.13. The fraction of sp³-hybridized carbons (Fsp3) is 0.837. The van der Waals surface area contributed by atoms with E-state index in [0.717, 1.165) is 25.9 Å². The molecule has 0 aromatic rings. The van der Waals surface area contributed by atoms with Crippen LogP contribution in [0.2, 0.25) is 0 Å². The van der Waals surface area contributed by atoms with E-state index in [1.807, 2.05) is 0 Å². The van der Waals surface area contributed by atoms with Gasteiger partial charge in [0.25, 0.3) is 6.47 Å². The summed E-state index contributed by atoms with van der Waals surface area (Å²) in [5.74, 6) is 3.68. The Hall–Kier alpha value is -1.51. The molecule has 6 aliphatic carbocycles. The lowest BCUT2D eigenvalue weighted by Crippen LogP contribution is -2.68. The van der Waals surface area contributed by atoms with Crippen molar-refractivity contribution >= 4 is 16.3 Å². The van der Waals surface area contributed by atoms with Crippen LogP contribution in [-0.4, -0.2) is 75.3 Å². The number of hydrogen-bond acceptors (Lipinski definition) is 6. The summed E-state index contributed by atoms with van der Waals surface area (Å²) in [5.41, 5.74) is 4.12. The fourth-order valence-corrected chi connectivity index (χ4v) is 15.8. The van der Waals surface area contributed by atoms with Crippen molar-refractivity contribution in [3.63, 3.8) is 0 Å². The van der Waals surface area contributed by atoms with E-state index in [4.69, 9.17) is 4.74 Å². The minimum Gasteiger partial charge on any atom is -0.458 e. The number of hydrogen-bond donors (Lipinski definition) is 1. The van der Waals surface area contributed by atoms with Crippen LogP contribution < -0.4 is 5.32 Å². The zero-order valence-corrected chi connectivity index (χ0v) is 33.4. The monoisotopic (exact) mass is 726 g/mol. The van der Waals surface area contributed by atoms with Crippen LogP contribution in [0, 0.1) is 51.2 Å². The van der Waals surface area contributed by atoms with Crippen molar-refractivity contribution in [3.05, 3.63) is 35.5 Å². The lowest BCUT2D eigenvalue weighted by molar-refractivity contribution is -0.221. The van der Waals surface area contributed by atoms with Crippen LogP contribution >= 0.6 is 0 Å². The van der Waals surface area contributed by atoms with Gasteiger partial charge in [0.1, 0.15) is 12.3 Å². The third-order valence-electron chi connectivity index (χ3n) is 17.4. The molecule has 8 heteroatoms. The molecule has 4 saturated carbocycles. The van der Waals surface area contributed by atoms with Gasteiger partial charge in [0.05, 0.1) is 11.5 Å². The zero-order chi connectivity index (χ0) is 36.7. The lowest BCUT2D eigenvalue weighted by Gasteiger charge is -2.72. The molecule has 5 fully saturated rings. The first-order valence-electron chi connectivity index (χ1n) is 20.4. The molecule has 1 saturated heterocycles. The molecule has 1 aliphatic heterocycles. The van der Waals surface area contributed by atoms with Gasteiger partial charge >= 0.3 is 0 Å². The molecule has 0 radical (unpaired) electrons. The van der Waals surface area contributed by atoms with Crippen LogP contribution in [0.15, 0.2) is 35.5 Å². The smallest absolute Gasteiger partial charge is 0.293 e. The minimum absolute atomic E-state index is 0.0276. The Kier molecular flexibility index (Phi) is 9.68. The topological polar surface area (TPSA) is 75.7 Å². The first-order valence-corrected chi connectivity index (χ1v) is 22.2. The molecular formula is C43H67FN2O4S. The Morgan fingerprint density at radius 1 is 0.961 bits per heavy atom. The van der Waals surface area contributed by atoms with Gasteiger partial charge in [0, 0.05) is 38.1 Å². The van der Waals surface area contributed by atoms with Gasteiger partial charge < -0.3 is 15.0 Å². The van der Waals surface area contributed by atoms with Crippen molar-refractivity contribution < 1.29 is 22.3 Å². The summed E-state index contributed by atoms with van der Waals surface area (Å²) in [6, 6.07) is 0. The second kappa shape index (κ2) is 13.1. The average Bonchev–Trinajstić information content (AvgIpc) is 3.46. The summed E-state index contributed by atoms with van der Waals surface area (Å²) in [4.78, 5) is 13.5. The molecule has 0 spiro atoms.